The van der Waals surface area contributed by atoms with Crippen LogP contribution in [0.1, 0.15) is 5.82 Å². The minimum absolute atomic E-state index is 0.0790. The lowest BCUT2D eigenvalue weighted by Crippen LogP contribution is -2.71. The van der Waals surface area contributed by atoms with Crippen LogP contribution in [0.4, 0.5) is 5.13 Å². The standard InChI is InChI=1S/C19H16N8O5S2/c20-19-22-14(24-34-19)11(23-32)15(28)21-12-16(29)27-13(18(30)31)9(8-33-17(12)27)7-26-6-5-25-4-2-1-3-10(25)26/h1-6,12,17H,7-8H2,(H4-,20,21,22,24,28,30,31,32)/p+1/t12-,17-/m1/s1. The Morgan fingerprint density at radius 1 is 1.35 bits per heavy atom. The van der Waals surface area contributed by atoms with Crippen LogP contribution in [0, 0.1) is 0 Å². The number of thioether (sulfide) groups is 1. The maximum absolute atomic E-state index is 12.9. The molecule has 0 saturated carbocycles. The maximum atomic E-state index is 12.9. The number of carbonyl (C=O) groups is 3. The van der Waals surface area contributed by atoms with E-state index < -0.39 is 34.9 Å². The van der Waals surface area contributed by atoms with Crippen molar-refractivity contribution in [2.45, 2.75) is 18.0 Å². The molecule has 0 spiro atoms. The van der Waals surface area contributed by atoms with Crippen LogP contribution in [0.15, 0.2) is 53.2 Å². The molecule has 2 atom stereocenters. The summed E-state index contributed by atoms with van der Waals surface area (Å²) in [5.74, 6) is -2.49. The maximum Gasteiger partial charge on any atom is 0.352 e. The summed E-state index contributed by atoms with van der Waals surface area (Å²) in [6.45, 7) is 0.293. The summed E-state index contributed by atoms with van der Waals surface area (Å²) in [6.07, 6.45) is 5.59. The van der Waals surface area contributed by atoms with Crippen molar-refractivity contribution >= 4 is 57.6 Å². The summed E-state index contributed by atoms with van der Waals surface area (Å²) in [4.78, 5) is 42.6. The van der Waals surface area contributed by atoms with Crippen LogP contribution < -0.4 is 15.6 Å². The molecule has 15 heteroatoms. The Morgan fingerprint density at radius 2 is 2.18 bits per heavy atom. The van der Waals surface area contributed by atoms with Gasteiger partial charge in [0.05, 0.1) is 6.20 Å². The number of oxime groups is 1. The van der Waals surface area contributed by atoms with Gasteiger partial charge in [0.2, 0.25) is 11.5 Å². The number of nitrogens with one attached hydrogen (secondary N) is 1. The molecule has 2 aliphatic heterocycles. The highest BCUT2D eigenvalue weighted by molar-refractivity contribution is 8.00. The van der Waals surface area contributed by atoms with Crippen molar-refractivity contribution in [2.75, 3.05) is 11.5 Å². The summed E-state index contributed by atoms with van der Waals surface area (Å²) in [5, 5.41) is 24.0. The number of nitrogens with zero attached hydrogens (tertiary/aromatic N) is 6. The van der Waals surface area contributed by atoms with Crippen molar-refractivity contribution in [1.82, 2.24) is 24.0 Å². The quantitative estimate of drug-likeness (QED) is 0.111. The first-order valence-corrected chi connectivity index (χ1v) is 11.7. The van der Waals surface area contributed by atoms with Crippen molar-refractivity contribution in [3.63, 3.8) is 0 Å². The summed E-state index contributed by atoms with van der Waals surface area (Å²) in [5.41, 5.74) is 6.37. The van der Waals surface area contributed by atoms with E-state index in [1.165, 1.54) is 16.7 Å². The monoisotopic (exact) mass is 501 g/mol. The number of hydrogen-bond acceptors (Lipinski definition) is 10. The lowest BCUT2D eigenvalue weighted by molar-refractivity contribution is -0.662. The topological polar surface area (TPSA) is 179 Å². The van der Waals surface area contributed by atoms with Gasteiger partial charge >= 0.3 is 5.97 Å². The van der Waals surface area contributed by atoms with Gasteiger partial charge in [0.15, 0.2) is 5.13 Å². The Labute approximate surface area is 199 Å². The molecule has 5 heterocycles. The van der Waals surface area contributed by atoms with Crippen molar-refractivity contribution in [3.05, 3.63) is 53.9 Å². The number of pyridine rings is 1. The van der Waals surface area contributed by atoms with E-state index in [0.29, 0.717) is 17.9 Å². The fourth-order valence-electron chi connectivity index (χ4n) is 3.92. The number of aromatic nitrogens is 4. The predicted octanol–water partition coefficient (Wildman–Crippen LogP) is -0.722. The number of nitrogens with two attached hydrogens (primary N) is 1. The van der Waals surface area contributed by atoms with Gasteiger partial charge in [-0.1, -0.05) is 11.2 Å². The summed E-state index contributed by atoms with van der Waals surface area (Å²) in [7, 11) is 0. The van der Waals surface area contributed by atoms with E-state index >= 15 is 0 Å². The smallest absolute Gasteiger partial charge is 0.352 e. The second-order valence-electron chi connectivity index (χ2n) is 7.42. The highest BCUT2D eigenvalue weighted by atomic mass is 32.2. The normalized spacial score (nSPS) is 20.3. The second kappa shape index (κ2) is 8.42. The molecular formula is C19H17N8O5S2+. The SMILES string of the molecule is Nc1nc(/C(=N\O)C(=O)N[C@@H]2C(=O)N3C(C(=O)O)=C(C[n+]4ccn5ccccc54)CS[C@H]23)ns1. The Kier molecular flexibility index (Phi) is 5.41. The number of amides is 2. The van der Waals surface area contributed by atoms with Crippen LogP contribution in [0.25, 0.3) is 5.65 Å². The minimum Gasteiger partial charge on any atom is -0.477 e. The van der Waals surface area contributed by atoms with Crippen LogP contribution in [-0.2, 0) is 20.9 Å². The summed E-state index contributed by atoms with van der Waals surface area (Å²) >= 11 is 2.16. The largest absolute Gasteiger partial charge is 0.477 e. The lowest BCUT2D eigenvalue weighted by Gasteiger charge is -2.49. The molecule has 5 rings (SSSR count). The van der Waals surface area contributed by atoms with Gasteiger partial charge in [0, 0.05) is 28.9 Å². The van der Waals surface area contributed by atoms with Crippen molar-refractivity contribution < 1.29 is 29.3 Å². The van der Waals surface area contributed by atoms with E-state index in [2.05, 4.69) is 19.8 Å². The van der Waals surface area contributed by atoms with E-state index in [9.17, 15) is 24.7 Å². The van der Waals surface area contributed by atoms with Gasteiger partial charge in [-0.25, -0.2) is 13.8 Å². The number of nitrogen functional groups attached to an aromatic ring is 1. The summed E-state index contributed by atoms with van der Waals surface area (Å²) in [6, 6.07) is 4.69. The van der Waals surface area contributed by atoms with Gasteiger partial charge in [0.25, 0.3) is 17.5 Å². The van der Waals surface area contributed by atoms with Crippen LogP contribution in [0.2, 0.25) is 0 Å². The first-order valence-electron chi connectivity index (χ1n) is 9.86. The molecule has 0 unspecified atom stereocenters. The molecule has 0 aromatic carbocycles. The number of anilines is 1. The average molecular weight is 502 g/mol. The lowest BCUT2D eigenvalue weighted by atomic mass is 10.0. The van der Waals surface area contributed by atoms with Crippen LogP contribution in [0.3, 0.4) is 0 Å². The molecule has 0 radical (unpaired) electrons. The fraction of sp³-hybridized carbons (Fsp3) is 0.211. The predicted molar refractivity (Wildman–Crippen MR) is 120 cm³/mol. The van der Waals surface area contributed by atoms with Gasteiger partial charge < -0.3 is 21.4 Å². The van der Waals surface area contributed by atoms with Gasteiger partial charge in [-0.2, -0.15) is 9.36 Å². The highest BCUT2D eigenvalue weighted by Gasteiger charge is 2.54. The Balaban J connectivity index is 1.37. The molecule has 3 aromatic rings. The zero-order valence-electron chi connectivity index (χ0n) is 17.2. The molecule has 174 valence electrons. The summed E-state index contributed by atoms with van der Waals surface area (Å²) < 4.78 is 7.64. The molecule has 0 bridgehead atoms. The molecule has 1 saturated heterocycles. The van der Waals surface area contributed by atoms with Crippen molar-refractivity contribution in [1.29, 1.82) is 0 Å². The van der Waals surface area contributed by atoms with Gasteiger partial charge in [-0.3, -0.25) is 14.5 Å². The van der Waals surface area contributed by atoms with Gasteiger partial charge in [-0.05, 0) is 6.07 Å². The highest BCUT2D eigenvalue weighted by Crippen LogP contribution is 2.40. The van der Waals surface area contributed by atoms with E-state index in [4.69, 9.17) is 5.73 Å². The molecule has 34 heavy (non-hydrogen) atoms. The van der Waals surface area contributed by atoms with Crippen LogP contribution in [0.5, 0.6) is 0 Å². The average Bonchev–Trinajstić information content (AvgIpc) is 3.44. The third-order valence-corrected chi connectivity index (χ3v) is 7.32. The molecule has 1 fully saturated rings. The molecule has 5 N–H and O–H groups in total. The van der Waals surface area contributed by atoms with E-state index in [1.807, 2.05) is 45.8 Å². The fourth-order valence-corrected chi connectivity index (χ4v) is 5.69. The van der Waals surface area contributed by atoms with Crippen molar-refractivity contribution in [3.8, 4) is 0 Å². The van der Waals surface area contributed by atoms with Crippen molar-refractivity contribution in [2.24, 2.45) is 5.16 Å². The Morgan fingerprint density at radius 3 is 2.88 bits per heavy atom. The Bertz CT molecular complexity index is 1400. The van der Waals surface area contributed by atoms with Crippen LogP contribution >= 0.6 is 23.3 Å². The molecule has 2 amide bonds. The van der Waals surface area contributed by atoms with E-state index in [1.54, 1.807) is 0 Å². The number of carboxylic acid groups (broad SMARTS) is 1. The third-order valence-electron chi connectivity index (χ3n) is 5.44. The van der Waals surface area contributed by atoms with Gasteiger partial charge in [-0.15, -0.1) is 11.8 Å². The van der Waals surface area contributed by atoms with Crippen LogP contribution in [-0.4, -0.2) is 69.6 Å². The number of hydrogen-bond donors (Lipinski definition) is 4. The zero-order chi connectivity index (χ0) is 24.0. The second-order valence-corrected chi connectivity index (χ2v) is 9.30. The molecule has 13 nitrogen and oxygen atoms in total. The Hall–Kier alpha value is -3.98. The first kappa shape index (κ1) is 21.8. The number of carbonyl (C=O) groups excluding carboxylic acids is 2. The number of aliphatic carboxylic acids is 1. The number of imidazole rings is 1. The number of carboxylic acids is 1. The molecule has 0 aliphatic carbocycles. The minimum atomic E-state index is -1.22. The molecule has 3 aromatic heterocycles. The molecular weight excluding hydrogens is 484 g/mol. The van der Waals surface area contributed by atoms with E-state index in [0.717, 1.165) is 17.2 Å². The third kappa shape index (κ3) is 3.54. The molecule has 2 aliphatic rings. The zero-order valence-corrected chi connectivity index (χ0v) is 18.9. The number of rotatable bonds is 6. The van der Waals surface area contributed by atoms with Gasteiger partial charge in [0.1, 0.15) is 36.1 Å². The van der Waals surface area contributed by atoms with E-state index in [-0.39, 0.29) is 16.7 Å². The number of fused-ring (bicyclic) bond motifs is 2. The number of β-lactam (4-membered cyclic amide) rings is 1. The first-order chi connectivity index (χ1) is 16.4.